The summed E-state index contributed by atoms with van der Waals surface area (Å²) in [6, 6.07) is 7.30. The monoisotopic (exact) mass is 295 g/mol. The Bertz CT molecular complexity index is 278. The van der Waals surface area contributed by atoms with Gasteiger partial charge in [0.2, 0.25) is 5.91 Å². The fourth-order valence-corrected chi connectivity index (χ4v) is 1.45. The number of benzene rings is 1. The maximum Gasteiger partial charge on any atom is 0.249 e. The summed E-state index contributed by atoms with van der Waals surface area (Å²) in [5.74, 6) is -0.366. The average molecular weight is 295 g/mol. The topological polar surface area (TPSA) is 43.1 Å². The third kappa shape index (κ3) is 2.67. The van der Waals surface area contributed by atoms with Crippen molar-refractivity contribution in [2.75, 3.05) is 6.26 Å². The Kier molecular flexibility index (Phi) is 5.32. The predicted octanol–water partition coefficient (Wildman–Crippen LogP) is 2.13. The molecule has 1 aromatic rings. The Morgan fingerprint density at radius 1 is 1.42 bits per heavy atom. The summed E-state index contributed by atoms with van der Waals surface area (Å²) in [6.07, 6.45) is 1.92. The Morgan fingerprint density at radius 2 is 2.00 bits per heavy atom. The van der Waals surface area contributed by atoms with Crippen molar-refractivity contribution in [2.45, 2.75) is 4.90 Å². The summed E-state index contributed by atoms with van der Waals surface area (Å²) < 4.78 is 0. The molecule has 0 aliphatic heterocycles. The third-order valence-corrected chi connectivity index (χ3v) is 2.17. The SMILES string of the molecule is CSc1ccccc1C(N)=O.I. The van der Waals surface area contributed by atoms with Gasteiger partial charge in [-0.1, -0.05) is 12.1 Å². The van der Waals surface area contributed by atoms with Crippen molar-refractivity contribution in [3.8, 4) is 0 Å². The molecule has 0 unspecified atom stereocenters. The molecule has 0 fully saturated rings. The molecule has 1 amide bonds. The van der Waals surface area contributed by atoms with Crippen molar-refractivity contribution in [1.29, 1.82) is 0 Å². The molecule has 2 N–H and O–H groups in total. The number of nitrogens with two attached hydrogens (primary N) is 1. The van der Waals surface area contributed by atoms with E-state index in [1.165, 1.54) is 11.8 Å². The van der Waals surface area contributed by atoms with Crippen molar-refractivity contribution in [2.24, 2.45) is 5.73 Å². The Morgan fingerprint density at radius 3 is 2.42 bits per heavy atom. The molecule has 66 valence electrons. The number of amides is 1. The van der Waals surface area contributed by atoms with E-state index < -0.39 is 0 Å². The first-order chi connectivity index (χ1) is 5.25. The van der Waals surface area contributed by atoms with Crippen molar-refractivity contribution < 1.29 is 4.79 Å². The molecule has 0 aliphatic carbocycles. The highest BCUT2D eigenvalue weighted by Crippen LogP contribution is 2.18. The number of halogens is 1. The Labute approximate surface area is 92.9 Å². The van der Waals surface area contributed by atoms with Gasteiger partial charge in [-0.3, -0.25) is 4.79 Å². The van der Waals surface area contributed by atoms with E-state index in [9.17, 15) is 4.79 Å². The van der Waals surface area contributed by atoms with E-state index in [0.717, 1.165) is 4.90 Å². The van der Waals surface area contributed by atoms with Crippen molar-refractivity contribution in [3.05, 3.63) is 29.8 Å². The first-order valence-corrected chi connectivity index (χ1v) is 4.41. The first kappa shape index (κ1) is 11.8. The van der Waals surface area contributed by atoms with Crippen LogP contribution >= 0.6 is 35.7 Å². The molecule has 0 spiro atoms. The average Bonchev–Trinajstić information content (AvgIpc) is 2.04. The van der Waals surface area contributed by atoms with Gasteiger partial charge < -0.3 is 5.73 Å². The first-order valence-electron chi connectivity index (χ1n) is 3.18. The van der Waals surface area contributed by atoms with Crippen LogP contribution in [0.2, 0.25) is 0 Å². The molecular weight excluding hydrogens is 285 g/mol. The van der Waals surface area contributed by atoms with Crippen molar-refractivity contribution >= 4 is 41.6 Å². The van der Waals surface area contributed by atoms with E-state index in [-0.39, 0.29) is 29.9 Å². The van der Waals surface area contributed by atoms with Crippen LogP contribution in [-0.2, 0) is 0 Å². The second-order valence-electron chi connectivity index (χ2n) is 2.06. The summed E-state index contributed by atoms with van der Waals surface area (Å²) >= 11 is 1.52. The van der Waals surface area contributed by atoms with E-state index in [1.807, 2.05) is 18.4 Å². The number of carbonyl (C=O) groups is 1. The maximum atomic E-state index is 10.8. The third-order valence-electron chi connectivity index (χ3n) is 1.37. The van der Waals surface area contributed by atoms with Crippen LogP contribution < -0.4 is 5.73 Å². The fraction of sp³-hybridized carbons (Fsp3) is 0.125. The van der Waals surface area contributed by atoms with Gasteiger partial charge in [0.1, 0.15) is 0 Å². The van der Waals surface area contributed by atoms with Gasteiger partial charge in [0.15, 0.2) is 0 Å². The van der Waals surface area contributed by atoms with Gasteiger partial charge >= 0.3 is 0 Å². The van der Waals surface area contributed by atoms with Crippen LogP contribution in [0.25, 0.3) is 0 Å². The van der Waals surface area contributed by atoms with Crippen molar-refractivity contribution in [3.63, 3.8) is 0 Å². The lowest BCUT2D eigenvalue weighted by Gasteiger charge is -2.00. The maximum absolute atomic E-state index is 10.8. The summed E-state index contributed by atoms with van der Waals surface area (Å²) in [5.41, 5.74) is 5.74. The van der Waals surface area contributed by atoms with E-state index >= 15 is 0 Å². The van der Waals surface area contributed by atoms with Crippen LogP contribution in [0.3, 0.4) is 0 Å². The van der Waals surface area contributed by atoms with Crippen LogP contribution in [0, 0.1) is 0 Å². The number of carbonyl (C=O) groups excluding carboxylic acids is 1. The summed E-state index contributed by atoms with van der Waals surface area (Å²) in [6.45, 7) is 0. The highest BCUT2D eigenvalue weighted by Gasteiger charge is 2.04. The summed E-state index contributed by atoms with van der Waals surface area (Å²) in [5, 5.41) is 0. The molecule has 0 aliphatic rings. The largest absolute Gasteiger partial charge is 0.366 e. The zero-order chi connectivity index (χ0) is 8.27. The summed E-state index contributed by atoms with van der Waals surface area (Å²) in [7, 11) is 0. The number of thioether (sulfide) groups is 1. The van der Waals surface area contributed by atoms with Crippen molar-refractivity contribution in [1.82, 2.24) is 0 Å². The molecule has 1 aromatic carbocycles. The van der Waals surface area contributed by atoms with Gasteiger partial charge in [-0.25, -0.2) is 0 Å². The van der Waals surface area contributed by atoms with Crippen LogP contribution in [-0.4, -0.2) is 12.2 Å². The predicted molar refractivity (Wildman–Crippen MR) is 62.2 cm³/mol. The second kappa shape index (κ2) is 5.42. The van der Waals surface area contributed by atoms with Crippen LogP contribution in [0.15, 0.2) is 29.2 Å². The molecule has 0 saturated carbocycles. The molecular formula is C8H10INOS. The molecule has 1 rings (SSSR count). The molecule has 0 heterocycles. The second-order valence-corrected chi connectivity index (χ2v) is 2.91. The van der Waals surface area contributed by atoms with E-state index in [0.29, 0.717) is 5.56 Å². The summed E-state index contributed by atoms with van der Waals surface area (Å²) in [4.78, 5) is 11.7. The van der Waals surface area contributed by atoms with E-state index in [1.54, 1.807) is 12.1 Å². The van der Waals surface area contributed by atoms with Crippen LogP contribution in [0.4, 0.5) is 0 Å². The molecule has 12 heavy (non-hydrogen) atoms. The lowest BCUT2D eigenvalue weighted by molar-refractivity contribution is 0.0997. The van der Waals surface area contributed by atoms with Crippen LogP contribution in [0.1, 0.15) is 10.4 Å². The van der Waals surface area contributed by atoms with Gasteiger partial charge in [0, 0.05) is 4.90 Å². The standard InChI is InChI=1S/C8H9NOS.HI/c1-11-7-5-3-2-4-6(7)8(9)10;/h2-5H,1H3,(H2,9,10);1H. The minimum atomic E-state index is -0.366. The normalized spacial score (nSPS) is 8.75. The number of hydrogen-bond acceptors (Lipinski definition) is 2. The van der Waals surface area contributed by atoms with Crippen LogP contribution in [0.5, 0.6) is 0 Å². The molecule has 0 aromatic heterocycles. The highest BCUT2D eigenvalue weighted by atomic mass is 127. The molecule has 0 radical (unpaired) electrons. The van der Waals surface area contributed by atoms with Gasteiger partial charge in [-0.15, -0.1) is 35.7 Å². The number of rotatable bonds is 2. The minimum Gasteiger partial charge on any atom is -0.366 e. The van der Waals surface area contributed by atoms with Gasteiger partial charge in [-0.05, 0) is 18.4 Å². The highest BCUT2D eigenvalue weighted by molar-refractivity contribution is 14.0. The van der Waals surface area contributed by atoms with Gasteiger partial charge in [-0.2, -0.15) is 0 Å². The fourth-order valence-electron chi connectivity index (χ4n) is 0.848. The molecule has 4 heteroatoms. The minimum absolute atomic E-state index is 0. The zero-order valence-electron chi connectivity index (χ0n) is 6.61. The molecule has 0 atom stereocenters. The molecule has 2 nitrogen and oxygen atoms in total. The zero-order valence-corrected chi connectivity index (χ0v) is 9.76. The van der Waals surface area contributed by atoms with Gasteiger partial charge in [0.25, 0.3) is 0 Å². The Hall–Kier alpha value is -0.230. The lowest BCUT2D eigenvalue weighted by atomic mass is 10.2. The number of hydrogen-bond donors (Lipinski definition) is 1. The quantitative estimate of drug-likeness (QED) is 0.671. The lowest BCUT2D eigenvalue weighted by Crippen LogP contribution is -2.11. The van der Waals surface area contributed by atoms with E-state index in [2.05, 4.69) is 0 Å². The van der Waals surface area contributed by atoms with E-state index in [4.69, 9.17) is 5.73 Å². The number of primary amides is 1. The Balaban J connectivity index is 0.00000121. The smallest absolute Gasteiger partial charge is 0.249 e. The van der Waals surface area contributed by atoms with Gasteiger partial charge in [0.05, 0.1) is 5.56 Å². The molecule has 0 bridgehead atoms. The molecule has 0 saturated heterocycles.